The van der Waals surface area contributed by atoms with E-state index in [0.29, 0.717) is 22.9 Å². The number of carboxylic acids is 1. The van der Waals surface area contributed by atoms with Crippen LogP contribution in [0.25, 0.3) is 21.6 Å². The number of rotatable bonds is 7. The van der Waals surface area contributed by atoms with Crippen LogP contribution < -0.4 is 5.32 Å². The average Bonchev–Trinajstić information content (AvgIpc) is 3.45. The first-order chi connectivity index (χ1) is 17.3. The molecule has 1 aliphatic rings. The summed E-state index contributed by atoms with van der Waals surface area (Å²) in [5.41, 5.74) is 5.80. The van der Waals surface area contributed by atoms with Crippen molar-refractivity contribution in [2.75, 3.05) is 5.32 Å². The quantitative estimate of drug-likeness (QED) is 0.247. The van der Waals surface area contributed by atoms with Gasteiger partial charge < -0.3 is 9.84 Å². The Morgan fingerprint density at radius 1 is 1.03 bits per heavy atom. The third kappa shape index (κ3) is 4.78. The van der Waals surface area contributed by atoms with Gasteiger partial charge in [-0.05, 0) is 71.3 Å². The number of carboxylic acid groups (broad SMARTS) is 1. The molecular weight excluding hydrogens is 514 g/mol. The molecule has 2 aromatic carbocycles. The molecule has 2 N–H and O–H groups in total. The Hall–Kier alpha value is -3.13. The summed E-state index contributed by atoms with van der Waals surface area (Å²) in [4.78, 5) is 25.0. The molecule has 184 valence electrons. The molecule has 5 nitrogen and oxygen atoms in total. The maximum Gasteiger partial charge on any atom is 0.412 e. The number of halogens is 1. The van der Waals surface area contributed by atoms with Gasteiger partial charge in [0.15, 0.2) is 0 Å². The number of nitrogens with one attached hydrogen (secondary N) is 1. The molecule has 5 rings (SSSR count). The molecule has 4 aromatic rings. The molecule has 1 atom stereocenters. The summed E-state index contributed by atoms with van der Waals surface area (Å²) in [7, 11) is 0. The lowest BCUT2D eigenvalue weighted by molar-refractivity contribution is -0.140. The number of aliphatic carboxylic acids is 1. The fraction of sp³-hybridized carbons (Fsp3) is 0.214. The molecule has 0 aliphatic heterocycles. The highest BCUT2D eigenvalue weighted by Crippen LogP contribution is 2.48. The lowest BCUT2D eigenvalue weighted by atomic mass is 9.93. The third-order valence-electron chi connectivity index (χ3n) is 6.63. The van der Waals surface area contributed by atoms with Gasteiger partial charge in [-0.3, -0.25) is 10.1 Å². The Kier molecular flexibility index (Phi) is 6.64. The SMILES string of the molecule is Cc1cscc1C(C)OC(=O)Nc1cc(Cl)sc1-c1ccc(-c2ccc(C3(C(=O)O)CC3)cc2)cc1. The minimum atomic E-state index is -0.751. The zero-order valence-electron chi connectivity index (χ0n) is 19.7. The van der Waals surface area contributed by atoms with Crippen molar-refractivity contribution in [1.82, 2.24) is 0 Å². The van der Waals surface area contributed by atoms with Crippen LogP contribution in [0.3, 0.4) is 0 Å². The standard InChI is InChI=1S/C28H24ClNO4S2/c1-16-14-35-15-22(16)17(2)34-27(33)30-23-13-24(29)36-25(23)20-5-3-18(4-6-20)19-7-9-21(10-8-19)28(11-12-28)26(31)32/h3-10,13-15,17H,11-12H2,1-2H3,(H,30,33)(H,31,32). The van der Waals surface area contributed by atoms with Crippen molar-refractivity contribution in [2.24, 2.45) is 0 Å². The van der Waals surface area contributed by atoms with E-state index in [2.05, 4.69) is 5.32 Å². The van der Waals surface area contributed by atoms with Gasteiger partial charge >= 0.3 is 12.1 Å². The molecule has 1 fully saturated rings. The van der Waals surface area contributed by atoms with Crippen LogP contribution in [0.5, 0.6) is 0 Å². The highest BCUT2D eigenvalue weighted by molar-refractivity contribution is 7.20. The van der Waals surface area contributed by atoms with Crippen molar-refractivity contribution in [3.63, 3.8) is 0 Å². The van der Waals surface area contributed by atoms with E-state index < -0.39 is 17.5 Å². The van der Waals surface area contributed by atoms with Crippen LogP contribution in [0.4, 0.5) is 10.5 Å². The molecule has 0 radical (unpaired) electrons. The van der Waals surface area contributed by atoms with E-state index in [-0.39, 0.29) is 6.10 Å². The fourth-order valence-corrected chi connectivity index (χ4v) is 6.48. The van der Waals surface area contributed by atoms with Crippen LogP contribution in [0.1, 0.15) is 42.6 Å². The van der Waals surface area contributed by atoms with Crippen LogP contribution >= 0.6 is 34.3 Å². The first-order valence-corrected chi connectivity index (χ1v) is 13.6. The van der Waals surface area contributed by atoms with E-state index in [9.17, 15) is 14.7 Å². The maximum atomic E-state index is 12.6. The van der Waals surface area contributed by atoms with Gasteiger partial charge in [0.25, 0.3) is 0 Å². The number of thiophene rings is 2. The summed E-state index contributed by atoms with van der Waals surface area (Å²) in [5.74, 6) is -0.751. The summed E-state index contributed by atoms with van der Waals surface area (Å²) in [6.07, 6.45) is 0.493. The van der Waals surface area contributed by atoms with Gasteiger partial charge in [0.2, 0.25) is 0 Å². The van der Waals surface area contributed by atoms with Crippen LogP contribution in [0.15, 0.2) is 65.4 Å². The average molecular weight is 538 g/mol. The minimum Gasteiger partial charge on any atom is -0.481 e. The Bertz CT molecular complexity index is 1420. The van der Waals surface area contributed by atoms with E-state index >= 15 is 0 Å². The second kappa shape index (κ2) is 9.73. The molecular formula is C28H24ClNO4S2. The Morgan fingerprint density at radius 3 is 2.19 bits per heavy atom. The van der Waals surface area contributed by atoms with Gasteiger partial charge in [-0.1, -0.05) is 60.1 Å². The second-order valence-corrected chi connectivity index (χ2v) is 11.4. The lowest BCUT2D eigenvalue weighted by Crippen LogP contribution is -2.19. The van der Waals surface area contributed by atoms with Gasteiger partial charge in [0.1, 0.15) is 6.10 Å². The highest BCUT2D eigenvalue weighted by atomic mass is 35.5. The van der Waals surface area contributed by atoms with Crippen molar-refractivity contribution in [3.8, 4) is 21.6 Å². The number of hydrogen-bond acceptors (Lipinski definition) is 5. The summed E-state index contributed by atoms with van der Waals surface area (Å²) in [5, 5.41) is 16.4. The van der Waals surface area contributed by atoms with E-state index in [1.165, 1.54) is 11.3 Å². The smallest absolute Gasteiger partial charge is 0.412 e. The largest absolute Gasteiger partial charge is 0.481 e. The molecule has 8 heteroatoms. The molecule has 1 unspecified atom stereocenters. The van der Waals surface area contributed by atoms with Gasteiger partial charge in [0, 0.05) is 5.56 Å². The fourth-order valence-electron chi connectivity index (χ4n) is 4.37. The van der Waals surface area contributed by atoms with Gasteiger partial charge in [-0.2, -0.15) is 11.3 Å². The number of hydrogen-bond donors (Lipinski definition) is 2. The number of ether oxygens (including phenoxy) is 1. The number of carbonyl (C=O) groups excluding carboxylic acids is 1. The molecule has 1 amide bonds. The van der Waals surface area contributed by atoms with E-state index in [1.54, 1.807) is 17.4 Å². The number of aryl methyl sites for hydroxylation is 1. The number of anilines is 1. The van der Waals surface area contributed by atoms with E-state index in [0.717, 1.165) is 38.3 Å². The normalized spacial score (nSPS) is 14.8. The molecule has 0 saturated heterocycles. The predicted molar refractivity (Wildman–Crippen MR) is 146 cm³/mol. The van der Waals surface area contributed by atoms with Crippen LogP contribution in [-0.2, 0) is 14.9 Å². The van der Waals surface area contributed by atoms with Crippen molar-refractivity contribution >= 4 is 52.0 Å². The van der Waals surface area contributed by atoms with Crippen molar-refractivity contribution < 1.29 is 19.4 Å². The first-order valence-electron chi connectivity index (χ1n) is 11.5. The molecule has 2 aromatic heterocycles. The minimum absolute atomic E-state index is 0.357. The first kappa shape index (κ1) is 24.6. The maximum absolute atomic E-state index is 12.6. The van der Waals surface area contributed by atoms with E-state index in [4.69, 9.17) is 16.3 Å². The predicted octanol–water partition coefficient (Wildman–Crippen LogP) is 8.53. The Balaban J connectivity index is 1.30. The topological polar surface area (TPSA) is 75.6 Å². The second-order valence-electron chi connectivity index (χ2n) is 9.02. The van der Waals surface area contributed by atoms with Gasteiger partial charge in [-0.15, -0.1) is 11.3 Å². The third-order valence-corrected chi connectivity index (χ3v) is 8.83. The van der Waals surface area contributed by atoms with Gasteiger partial charge in [-0.25, -0.2) is 4.79 Å². The van der Waals surface area contributed by atoms with E-state index in [1.807, 2.05) is 73.1 Å². The summed E-state index contributed by atoms with van der Waals surface area (Å²) in [6.45, 7) is 3.85. The Labute approximate surface area is 222 Å². The monoisotopic (exact) mass is 537 g/mol. The highest BCUT2D eigenvalue weighted by Gasteiger charge is 2.51. The molecule has 1 aliphatic carbocycles. The summed E-state index contributed by atoms with van der Waals surface area (Å²) >= 11 is 9.27. The molecule has 0 spiro atoms. The summed E-state index contributed by atoms with van der Waals surface area (Å²) in [6, 6.07) is 17.5. The number of amides is 1. The molecule has 0 bridgehead atoms. The Morgan fingerprint density at radius 2 is 1.64 bits per heavy atom. The van der Waals surface area contributed by atoms with Crippen molar-refractivity contribution in [3.05, 3.63) is 86.4 Å². The van der Waals surface area contributed by atoms with Crippen molar-refractivity contribution in [2.45, 2.75) is 38.2 Å². The molecule has 36 heavy (non-hydrogen) atoms. The summed E-state index contributed by atoms with van der Waals surface area (Å²) < 4.78 is 6.15. The number of carbonyl (C=O) groups is 2. The zero-order valence-corrected chi connectivity index (χ0v) is 22.1. The molecule has 1 saturated carbocycles. The molecule has 2 heterocycles. The van der Waals surface area contributed by atoms with Gasteiger partial charge in [0.05, 0.1) is 20.3 Å². The lowest BCUT2D eigenvalue weighted by Gasteiger charge is -2.14. The van der Waals surface area contributed by atoms with Crippen molar-refractivity contribution in [1.29, 1.82) is 0 Å². The number of benzene rings is 2. The van der Waals surface area contributed by atoms with Crippen LogP contribution in [-0.4, -0.2) is 17.2 Å². The zero-order chi connectivity index (χ0) is 25.4. The van der Waals surface area contributed by atoms with Crippen LogP contribution in [0.2, 0.25) is 4.34 Å². The van der Waals surface area contributed by atoms with Crippen LogP contribution in [0, 0.1) is 6.92 Å².